The first-order valence-electron chi connectivity index (χ1n) is 9.04. The molecule has 0 saturated carbocycles. The Bertz CT molecular complexity index is 824. The largest absolute Gasteiger partial charge is 0.379 e. The van der Waals surface area contributed by atoms with E-state index >= 15 is 0 Å². The third-order valence-corrected chi connectivity index (χ3v) is 7.39. The molecule has 1 amide bonds. The number of thioether (sulfide) groups is 1. The van der Waals surface area contributed by atoms with Crippen LogP contribution in [0.2, 0.25) is 0 Å². The van der Waals surface area contributed by atoms with Crippen LogP contribution in [0, 0.1) is 0 Å². The van der Waals surface area contributed by atoms with Crippen LogP contribution in [0.4, 0.5) is 5.69 Å². The van der Waals surface area contributed by atoms with E-state index in [1.54, 1.807) is 12.1 Å². The average molecular weight is 412 g/mol. The summed E-state index contributed by atoms with van der Waals surface area (Å²) in [6, 6.07) is 7.04. The predicted octanol–water partition coefficient (Wildman–Crippen LogP) is 1.91. The van der Waals surface area contributed by atoms with Gasteiger partial charge in [-0.05, 0) is 38.5 Å². The zero-order valence-electron chi connectivity index (χ0n) is 15.5. The summed E-state index contributed by atoms with van der Waals surface area (Å²) in [6.45, 7) is 5.14. The number of aliphatic imine (C=N–C) groups is 1. The molecule has 2 heterocycles. The number of nitrogens with zero attached hydrogens (tertiary/aromatic N) is 1. The van der Waals surface area contributed by atoms with Gasteiger partial charge < -0.3 is 15.4 Å². The molecule has 0 radical (unpaired) electrons. The van der Waals surface area contributed by atoms with Crippen molar-refractivity contribution in [2.24, 2.45) is 4.99 Å². The zero-order valence-corrected chi connectivity index (χ0v) is 17.1. The number of rotatable bonds is 7. The molecule has 2 N–H and O–H groups in total. The fourth-order valence-corrected chi connectivity index (χ4v) is 6.65. The maximum absolute atomic E-state index is 12.3. The molecule has 2 atom stereocenters. The van der Waals surface area contributed by atoms with Crippen molar-refractivity contribution in [2.45, 2.75) is 37.7 Å². The number of anilines is 1. The number of ether oxygens (including phenoxy) is 1. The Hall–Kier alpha value is -1.58. The fraction of sp³-hybridized carbons (Fsp3) is 0.556. The molecule has 1 saturated heterocycles. The summed E-state index contributed by atoms with van der Waals surface area (Å²) in [6.07, 6.45) is 0.959. The minimum absolute atomic E-state index is 0.00274. The second kappa shape index (κ2) is 8.62. The van der Waals surface area contributed by atoms with Crippen molar-refractivity contribution < 1.29 is 17.9 Å². The summed E-state index contributed by atoms with van der Waals surface area (Å²) in [4.78, 5) is 16.8. The van der Waals surface area contributed by atoms with Crippen molar-refractivity contribution in [3.63, 3.8) is 0 Å². The second-order valence-corrected chi connectivity index (χ2v) is 10.4. The molecule has 7 nitrogen and oxygen atoms in total. The van der Waals surface area contributed by atoms with E-state index in [9.17, 15) is 13.2 Å². The number of sulfone groups is 1. The van der Waals surface area contributed by atoms with Gasteiger partial charge in [0.25, 0.3) is 5.91 Å². The SMILES string of the molecule is CC(C)OCCCNC(=O)c1cccc(NC2=N[C@H]3CS(=O)(=O)C[C@@H]3S2)c1. The standard InChI is InChI=1S/C18H25N3O4S2/c1-12(2)25-8-4-7-19-17(22)13-5-3-6-14(9-13)20-18-21-15-10-27(23,24)11-16(15)26-18/h3,5-6,9,12,15-16H,4,7-8,10-11H2,1-2H3,(H,19,22)(H,20,21)/t15-,16-/m0/s1. The normalized spacial score (nSPS) is 23.1. The number of carbonyl (C=O) groups excluding carboxylic acids is 1. The number of fused-ring (bicyclic) bond motifs is 1. The molecule has 3 rings (SSSR count). The molecule has 0 spiro atoms. The zero-order chi connectivity index (χ0) is 19.4. The number of amides is 1. The molecular formula is C18H25N3O4S2. The van der Waals surface area contributed by atoms with Crippen LogP contribution in [0.3, 0.4) is 0 Å². The average Bonchev–Trinajstić information content (AvgIpc) is 3.06. The Balaban J connectivity index is 1.51. The Morgan fingerprint density at radius 2 is 2.19 bits per heavy atom. The molecule has 148 valence electrons. The van der Waals surface area contributed by atoms with Crippen molar-refractivity contribution in [3.05, 3.63) is 29.8 Å². The van der Waals surface area contributed by atoms with E-state index in [-0.39, 0.29) is 34.8 Å². The lowest BCUT2D eigenvalue weighted by atomic mass is 10.2. The molecule has 1 fully saturated rings. The topological polar surface area (TPSA) is 96.9 Å². The highest BCUT2D eigenvalue weighted by atomic mass is 32.2. The van der Waals surface area contributed by atoms with E-state index in [1.165, 1.54) is 11.8 Å². The molecule has 0 aliphatic carbocycles. The van der Waals surface area contributed by atoms with Crippen LogP contribution >= 0.6 is 11.8 Å². The first-order chi connectivity index (χ1) is 12.8. The Morgan fingerprint density at radius 3 is 2.93 bits per heavy atom. The van der Waals surface area contributed by atoms with Gasteiger partial charge in [0.1, 0.15) is 0 Å². The van der Waals surface area contributed by atoms with E-state index in [1.807, 2.05) is 26.0 Å². The van der Waals surface area contributed by atoms with Crippen molar-refractivity contribution in [2.75, 3.05) is 30.0 Å². The summed E-state index contributed by atoms with van der Waals surface area (Å²) in [5.74, 6) is 0.172. The van der Waals surface area contributed by atoms with Crippen LogP contribution in [0.25, 0.3) is 0 Å². The second-order valence-electron chi connectivity index (χ2n) is 6.97. The third-order valence-electron chi connectivity index (χ3n) is 4.25. The van der Waals surface area contributed by atoms with E-state index in [2.05, 4.69) is 15.6 Å². The Morgan fingerprint density at radius 1 is 1.37 bits per heavy atom. The lowest BCUT2D eigenvalue weighted by Gasteiger charge is -2.10. The van der Waals surface area contributed by atoms with Gasteiger partial charge in [-0.15, -0.1) is 0 Å². The summed E-state index contributed by atoms with van der Waals surface area (Å²) >= 11 is 1.46. The first kappa shape index (κ1) is 20.2. The lowest BCUT2D eigenvalue weighted by molar-refractivity contribution is 0.0757. The summed E-state index contributed by atoms with van der Waals surface area (Å²) < 4.78 is 28.7. The van der Waals surface area contributed by atoms with Gasteiger partial charge >= 0.3 is 0 Å². The number of benzene rings is 1. The number of hydrogen-bond acceptors (Lipinski definition) is 7. The third kappa shape index (κ3) is 5.70. The molecule has 2 aliphatic heterocycles. The van der Waals surface area contributed by atoms with Crippen molar-refractivity contribution in [3.8, 4) is 0 Å². The molecular weight excluding hydrogens is 386 g/mol. The number of nitrogens with one attached hydrogen (secondary N) is 2. The molecule has 0 bridgehead atoms. The quantitative estimate of drug-likeness (QED) is 0.666. The van der Waals surface area contributed by atoms with Gasteiger partial charge in [-0.2, -0.15) is 0 Å². The van der Waals surface area contributed by atoms with Gasteiger partial charge in [0.2, 0.25) is 0 Å². The predicted molar refractivity (Wildman–Crippen MR) is 109 cm³/mol. The monoisotopic (exact) mass is 411 g/mol. The highest BCUT2D eigenvalue weighted by Crippen LogP contribution is 2.34. The van der Waals surface area contributed by atoms with Gasteiger partial charge in [0.15, 0.2) is 15.0 Å². The van der Waals surface area contributed by atoms with Gasteiger partial charge in [-0.3, -0.25) is 9.79 Å². The van der Waals surface area contributed by atoms with Gasteiger partial charge in [0.05, 0.1) is 23.7 Å². The van der Waals surface area contributed by atoms with Crippen molar-refractivity contribution in [1.29, 1.82) is 0 Å². The van der Waals surface area contributed by atoms with Crippen LogP contribution in [0.15, 0.2) is 29.3 Å². The van der Waals surface area contributed by atoms with Crippen LogP contribution in [0.1, 0.15) is 30.6 Å². The lowest BCUT2D eigenvalue weighted by Crippen LogP contribution is -2.25. The van der Waals surface area contributed by atoms with Crippen LogP contribution in [-0.4, -0.2) is 61.5 Å². The van der Waals surface area contributed by atoms with E-state index in [0.717, 1.165) is 12.1 Å². The van der Waals surface area contributed by atoms with Crippen LogP contribution in [-0.2, 0) is 14.6 Å². The Labute approximate surface area is 164 Å². The van der Waals surface area contributed by atoms with E-state index < -0.39 is 9.84 Å². The highest BCUT2D eigenvalue weighted by Gasteiger charge is 2.42. The smallest absolute Gasteiger partial charge is 0.251 e. The van der Waals surface area contributed by atoms with E-state index in [0.29, 0.717) is 23.9 Å². The molecule has 0 unspecified atom stereocenters. The minimum Gasteiger partial charge on any atom is -0.379 e. The minimum atomic E-state index is -2.96. The molecule has 2 aliphatic rings. The molecule has 1 aromatic rings. The van der Waals surface area contributed by atoms with E-state index in [4.69, 9.17) is 4.74 Å². The highest BCUT2D eigenvalue weighted by molar-refractivity contribution is 8.15. The summed E-state index contributed by atoms with van der Waals surface area (Å²) in [5.41, 5.74) is 1.33. The molecule has 9 heteroatoms. The maximum Gasteiger partial charge on any atom is 0.251 e. The van der Waals surface area contributed by atoms with Crippen LogP contribution in [0.5, 0.6) is 0 Å². The molecule has 1 aromatic carbocycles. The Kier molecular flexibility index (Phi) is 6.44. The van der Waals surface area contributed by atoms with Crippen molar-refractivity contribution >= 4 is 38.4 Å². The maximum atomic E-state index is 12.3. The number of amidine groups is 1. The van der Waals surface area contributed by atoms with Gasteiger partial charge in [0, 0.05) is 29.7 Å². The van der Waals surface area contributed by atoms with Gasteiger partial charge in [-0.25, -0.2) is 8.42 Å². The van der Waals surface area contributed by atoms with Crippen LogP contribution < -0.4 is 10.6 Å². The number of hydrogen-bond donors (Lipinski definition) is 2. The van der Waals surface area contributed by atoms with Gasteiger partial charge in [-0.1, -0.05) is 17.8 Å². The molecule has 0 aromatic heterocycles. The summed E-state index contributed by atoms with van der Waals surface area (Å²) in [5, 5.41) is 6.79. The first-order valence-corrected chi connectivity index (χ1v) is 11.7. The molecule has 27 heavy (non-hydrogen) atoms. The van der Waals surface area contributed by atoms with Crippen molar-refractivity contribution in [1.82, 2.24) is 5.32 Å². The fourth-order valence-electron chi connectivity index (χ4n) is 2.97. The summed E-state index contributed by atoms with van der Waals surface area (Å²) in [7, 11) is -2.96. The number of carbonyl (C=O) groups is 1.